The molecule has 7 nitrogen and oxygen atoms in total. The predicted molar refractivity (Wildman–Crippen MR) is 103 cm³/mol. The van der Waals surface area contributed by atoms with Gasteiger partial charge in [0.25, 0.3) is 5.69 Å². The maximum absolute atomic E-state index is 11.3. The molecule has 27 heavy (non-hydrogen) atoms. The van der Waals surface area contributed by atoms with Crippen LogP contribution in [0.4, 0.5) is 11.5 Å². The van der Waals surface area contributed by atoms with Gasteiger partial charge in [0.15, 0.2) is 5.69 Å². The van der Waals surface area contributed by atoms with Gasteiger partial charge in [-0.05, 0) is 30.2 Å². The molecular weight excluding hydrogens is 346 g/mol. The van der Waals surface area contributed by atoms with Gasteiger partial charge in [-0.15, -0.1) is 0 Å². The Bertz CT molecular complexity index is 914. The quantitative estimate of drug-likeness (QED) is 0.437. The lowest BCUT2D eigenvalue weighted by Crippen LogP contribution is -2.27. The summed E-state index contributed by atoms with van der Waals surface area (Å²) in [6.07, 6.45) is 0.510. The number of hydrogen-bond acceptors (Lipinski definition) is 6. The van der Waals surface area contributed by atoms with Gasteiger partial charge in [-0.3, -0.25) is 10.1 Å². The number of phenolic OH excluding ortho intramolecular Hbond substituents is 1. The summed E-state index contributed by atoms with van der Waals surface area (Å²) < 4.78 is 0. The Kier molecular flexibility index (Phi) is 5.63. The molecule has 0 radical (unpaired) electrons. The molecule has 0 unspecified atom stereocenters. The van der Waals surface area contributed by atoms with Crippen molar-refractivity contribution >= 4 is 11.5 Å². The van der Waals surface area contributed by atoms with Gasteiger partial charge < -0.3 is 15.5 Å². The third kappa shape index (κ3) is 4.59. The van der Waals surface area contributed by atoms with Crippen LogP contribution >= 0.6 is 0 Å². The van der Waals surface area contributed by atoms with Crippen LogP contribution in [-0.2, 0) is 6.42 Å². The third-order valence-electron chi connectivity index (χ3n) is 4.11. The lowest BCUT2D eigenvalue weighted by molar-refractivity contribution is -0.384. The van der Waals surface area contributed by atoms with Gasteiger partial charge in [0.05, 0.1) is 17.6 Å². The number of aliphatic hydroxyl groups is 1. The molecule has 3 rings (SSSR count). The second-order valence-corrected chi connectivity index (χ2v) is 6.08. The van der Waals surface area contributed by atoms with E-state index in [0.717, 1.165) is 5.56 Å². The monoisotopic (exact) mass is 365 g/mol. The molecule has 1 atom stereocenters. The molecule has 0 aliphatic rings. The minimum absolute atomic E-state index is 0.0779. The van der Waals surface area contributed by atoms with Gasteiger partial charge in [0, 0.05) is 11.6 Å². The number of anilines is 1. The van der Waals surface area contributed by atoms with Crippen molar-refractivity contribution in [3.63, 3.8) is 0 Å². The molecule has 0 aliphatic carbocycles. The first kappa shape index (κ1) is 18.3. The van der Waals surface area contributed by atoms with E-state index in [4.69, 9.17) is 0 Å². The highest BCUT2D eigenvalue weighted by molar-refractivity contribution is 5.71. The van der Waals surface area contributed by atoms with E-state index in [0.29, 0.717) is 17.8 Å². The van der Waals surface area contributed by atoms with Gasteiger partial charge in [-0.25, -0.2) is 4.98 Å². The lowest BCUT2D eigenvalue weighted by Gasteiger charge is -2.17. The number of nitrogens with one attached hydrogen (secondary N) is 1. The number of benzene rings is 2. The van der Waals surface area contributed by atoms with E-state index in [9.17, 15) is 20.3 Å². The molecule has 2 aromatic carbocycles. The highest BCUT2D eigenvalue weighted by atomic mass is 16.6. The van der Waals surface area contributed by atoms with Gasteiger partial charge >= 0.3 is 0 Å². The number of aromatic nitrogens is 1. The fourth-order valence-electron chi connectivity index (χ4n) is 2.77. The minimum atomic E-state index is -0.459. The number of hydrogen-bond donors (Lipinski definition) is 3. The van der Waals surface area contributed by atoms with Crippen LogP contribution in [0.2, 0.25) is 0 Å². The van der Waals surface area contributed by atoms with Gasteiger partial charge in [-0.2, -0.15) is 0 Å². The van der Waals surface area contributed by atoms with Crippen molar-refractivity contribution in [3.05, 3.63) is 82.4 Å². The fourth-order valence-corrected chi connectivity index (χ4v) is 2.77. The van der Waals surface area contributed by atoms with E-state index in [2.05, 4.69) is 10.3 Å². The first-order valence-corrected chi connectivity index (χ1v) is 8.43. The minimum Gasteiger partial charge on any atom is -0.508 e. The zero-order chi connectivity index (χ0) is 19.2. The second kappa shape index (κ2) is 8.29. The van der Waals surface area contributed by atoms with Crippen LogP contribution in [0.5, 0.6) is 5.75 Å². The lowest BCUT2D eigenvalue weighted by atomic mass is 10.1. The van der Waals surface area contributed by atoms with Crippen molar-refractivity contribution in [1.82, 2.24) is 4.98 Å². The maximum Gasteiger partial charge on any atom is 0.295 e. The van der Waals surface area contributed by atoms with Crippen molar-refractivity contribution in [3.8, 4) is 17.0 Å². The van der Waals surface area contributed by atoms with Crippen LogP contribution in [0.15, 0.2) is 66.7 Å². The van der Waals surface area contributed by atoms with Crippen LogP contribution in [0.1, 0.15) is 5.56 Å². The number of phenols is 1. The summed E-state index contributed by atoms with van der Waals surface area (Å²) in [7, 11) is 0. The molecule has 7 heteroatoms. The first-order valence-electron chi connectivity index (χ1n) is 8.43. The van der Waals surface area contributed by atoms with E-state index in [-0.39, 0.29) is 29.8 Å². The van der Waals surface area contributed by atoms with Crippen LogP contribution in [-0.4, -0.2) is 32.8 Å². The molecule has 0 aliphatic heterocycles. The average molecular weight is 365 g/mol. The number of rotatable bonds is 7. The standard InChI is InChI=1S/C20H19N3O4/c24-13-16(12-14-6-8-17(25)9-7-14)21-19-11-10-18(23(26)27)20(22-19)15-4-2-1-3-5-15/h1-11,16,24-25H,12-13H2,(H,21,22)/t16-/m0/s1. The molecule has 0 saturated heterocycles. The van der Waals surface area contributed by atoms with Crippen molar-refractivity contribution in [2.45, 2.75) is 12.5 Å². The maximum atomic E-state index is 11.3. The van der Waals surface area contributed by atoms with Crippen LogP contribution < -0.4 is 5.32 Å². The summed E-state index contributed by atoms with van der Waals surface area (Å²) in [5, 5.41) is 33.5. The summed E-state index contributed by atoms with van der Waals surface area (Å²) in [4.78, 5) is 15.3. The largest absolute Gasteiger partial charge is 0.508 e. The molecule has 0 spiro atoms. The Morgan fingerprint density at radius 3 is 2.37 bits per heavy atom. The van der Waals surface area contributed by atoms with Crippen molar-refractivity contribution in [1.29, 1.82) is 0 Å². The van der Waals surface area contributed by atoms with E-state index >= 15 is 0 Å². The predicted octanol–water partition coefficient (Wildman–Crippen LogP) is 3.38. The highest BCUT2D eigenvalue weighted by Gasteiger charge is 2.19. The summed E-state index contributed by atoms with van der Waals surface area (Å²) in [5.74, 6) is 0.620. The van der Waals surface area contributed by atoms with Crippen LogP contribution in [0.25, 0.3) is 11.3 Å². The van der Waals surface area contributed by atoms with Gasteiger partial charge in [0.2, 0.25) is 0 Å². The van der Waals surface area contributed by atoms with E-state index in [1.54, 1.807) is 48.5 Å². The highest BCUT2D eigenvalue weighted by Crippen LogP contribution is 2.29. The van der Waals surface area contributed by atoms with E-state index in [1.165, 1.54) is 12.1 Å². The SMILES string of the molecule is O=[N+]([O-])c1ccc(N[C@H](CO)Cc2ccc(O)cc2)nc1-c1ccccc1. The normalized spacial score (nSPS) is 11.7. The van der Waals surface area contributed by atoms with E-state index in [1.807, 2.05) is 6.07 Å². The summed E-state index contributed by atoms with van der Waals surface area (Å²) in [6.45, 7) is -0.139. The molecule has 0 bridgehead atoms. The summed E-state index contributed by atoms with van der Waals surface area (Å²) in [5.41, 5.74) is 1.77. The topological polar surface area (TPSA) is 109 Å². The van der Waals surface area contributed by atoms with Crippen LogP contribution in [0, 0.1) is 10.1 Å². The number of aromatic hydroxyl groups is 1. The van der Waals surface area contributed by atoms with Crippen molar-refractivity contribution in [2.24, 2.45) is 0 Å². The summed E-state index contributed by atoms with van der Waals surface area (Å²) >= 11 is 0. The van der Waals surface area contributed by atoms with Crippen molar-refractivity contribution in [2.75, 3.05) is 11.9 Å². The Balaban J connectivity index is 1.85. The Morgan fingerprint density at radius 1 is 1.04 bits per heavy atom. The Labute approximate surface area is 156 Å². The molecule has 0 fully saturated rings. The number of aliphatic hydroxyl groups excluding tert-OH is 1. The molecular formula is C20H19N3O4. The molecule has 138 valence electrons. The van der Waals surface area contributed by atoms with Crippen molar-refractivity contribution < 1.29 is 15.1 Å². The number of nitro groups is 1. The van der Waals surface area contributed by atoms with Gasteiger partial charge in [-0.1, -0.05) is 42.5 Å². The van der Waals surface area contributed by atoms with Gasteiger partial charge in [0.1, 0.15) is 11.6 Å². The zero-order valence-corrected chi connectivity index (χ0v) is 14.4. The molecule has 1 heterocycles. The number of pyridine rings is 1. The Hall–Kier alpha value is -3.45. The molecule has 3 aromatic rings. The molecule has 3 N–H and O–H groups in total. The first-order chi connectivity index (χ1) is 13.1. The van der Waals surface area contributed by atoms with E-state index < -0.39 is 4.92 Å². The fraction of sp³-hybridized carbons (Fsp3) is 0.150. The molecule has 0 amide bonds. The zero-order valence-electron chi connectivity index (χ0n) is 14.4. The summed E-state index contributed by atoms with van der Waals surface area (Å²) in [6, 6.07) is 18.3. The average Bonchev–Trinajstić information content (AvgIpc) is 2.69. The number of nitrogens with zero attached hydrogens (tertiary/aromatic N) is 2. The molecule has 1 aromatic heterocycles. The second-order valence-electron chi connectivity index (χ2n) is 6.08. The smallest absolute Gasteiger partial charge is 0.295 e. The Morgan fingerprint density at radius 2 is 1.74 bits per heavy atom. The van der Waals surface area contributed by atoms with Crippen LogP contribution in [0.3, 0.4) is 0 Å². The third-order valence-corrected chi connectivity index (χ3v) is 4.11. The molecule has 0 saturated carbocycles.